The molecule has 1 heterocycles. The number of nitrogens with one attached hydrogen (secondary N) is 3. The van der Waals surface area contributed by atoms with Crippen molar-refractivity contribution < 1.29 is 14.3 Å². The molecule has 0 fully saturated rings. The number of amides is 2. The van der Waals surface area contributed by atoms with Crippen molar-refractivity contribution in [2.45, 2.75) is 6.61 Å². The average molecular weight is 546 g/mol. The van der Waals surface area contributed by atoms with Crippen molar-refractivity contribution in [1.82, 2.24) is 4.98 Å². The molecule has 8 heteroatoms. The molecule has 0 radical (unpaired) electrons. The first kappa shape index (κ1) is 27.1. The summed E-state index contributed by atoms with van der Waals surface area (Å²) in [6, 6.07) is 36.0. The molecule has 0 unspecified atom stereocenters. The van der Waals surface area contributed by atoms with Crippen LogP contribution in [-0.4, -0.2) is 16.1 Å². The number of urea groups is 1. The highest BCUT2D eigenvalue weighted by atomic mass is 19.1. The molecule has 0 atom stereocenters. The number of halogens is 1. The van der Waals surface area contributed by atoms with Crippen LogP contribution in [0.4, 0.5) is 37.6 Å². The second-order valence-corrected chi connectivity index (χ2v) is 9.22. The lowest BCUT2D eigenvalue weighted by Crippen LogP contribution is -2.19. The zero-order chi connectivity index (χ0) is 28.6. The van der Waals surface area contributed by atoms with Gasteiger partial charge in [0.25, 0.3) is 0 Å². The molecule has 204 valence electrons. The van der Waals surface area contributed by atoms with E-state index in [0.29, 0.717) is 17.1 Å². The van der Waals surface area contributed by atoms with E-state index >= 15 is 0 Å². The summed E-state index contributed by atoms with van der Waals surface area (Å²) in [5.74, 6) is -0.387. The molecule has 6 rings (SSSR count). The number of carbonyl (C=O) groups is 1. The second kappa shape index (κ2) is 12.6. The van der Waals surface area contributed by atoms with Gasteiger partial charge in [-0.3, -0.25) is 0 Å². The molecule has 6 aromatic rings. The van der Waals surface area contributed by atoms with E-state index in [0.717, 1.165) is 38.7 Å². The number of benzene rings is 5. The van der Waals surface area contributed by atoms with Gasteiger partial charge in [0.2, 0.25) is 0 Å². The number of carbonyl (C=O) groups excluding carboxylic acids is 1. The number of rotatable bonds is 5. The van der Waals surface area contributed by atoms with Crippen molar-refractivity contribution in [1.29, 1.82) is 0 Å². The van der Waals surface area contributed by atoms with E-state index in [1.165, 1.54) is 18.2 Å². The fraction of sp³-hybridized carbons (Fsp3) is 0.0303. The number of nitrogens with zero attached hydrogens (tertiary/aromatic N) is 1. The second-order valence-electron chi connectivity index (χ2n) is 9.22. The van der Waals surface area contributed by atoms with Crippen LogP contribution in [-0.2, 0) is 6.61 Å². The van der Waals surface area contributed by atoms with Gasteiger partial charge in [0.05, 0.1) is 23.3 Å². The topological polar surface area (TPSA) is 112 Å². The summed E-state index contributed by atoms with van der Waals surface area (Å²) in [6.07, 6.45) is 0. The van der Waals surface area contributed by atoms with Gasteiger partial charge in [-0.1, -0.05) is 60.7 Å². The number of pyridine rings is 1. The van der Waals surface area contributed by atoms with E-state index in [1.807, 2.05) is 66.7 Å². The molecule has 2 amide bonds. The first-order valence-electron chi connectivity index (χ1n) is 12.9. The molecular weight excluding hydrogens is 517 g/mol. The Bertz CT molecular complexity index is 1760. The van der Waals surface area contributed by atoms with E-state index in [2.05, 4.69) is 28.1 Å². The molecular formula is C33H28FN5O2. The number of anilines is 5. The minimum Gasteiger partial charge on any atom is -0.399 e. The minimum atomic E-state index is -0.401. The highest BCUT2D eigenvalue weighted by molar-refractivity contribution is 6.08. The quantitative estimate of drug-likeness (QED) is 0.113. The fourth-order valence-electron chi connectivity index (χ4n) is 4.38. The Labute approximate surface area is 236 Å². The number of para-hydroxylation sites is 3. The largest absolute Gasteiger partial charge is 0.399 e. The van der Waals surface area contributed by atoms with Gasteiger partial charge in [-0.25, -0.2) is 14.2 Å². The number of aromatic nitrogens is 1. The zero-order valence-corrected chi connectivity index (χ0v) is 22.0. The highest BCUT2D eigenvalue weighted by Crippen LogP contribution is 2.33. The third-order valence-electron chi connectivity index (χ3n) is 6.17. The van der Waals surface area contributed by atoms with Gasteiger partial charge in [0, 0.05) is 33.5 Å². The molecule has 0 saturated heterocycles. The summed E-state index contributed by atoms with van der Waals surface area (Å²) in [7, 11) is 0. The summed E-state index contributed by atoms with van der Waals surface area (Å²) in [4.78, 5) is 16.3. The predicted octanol–water partition coefficient (Wildman–Crippen LogP) is 7.68. The lowest BCUT2D eigenvalue weighted by Gasteiger charge is -2.14. The predicted molar refractivity (Wildman–Crippen MR) is 165 cm³/mol. The lowest BCUT2D eigenvalue weighted by molar-refractivity contribution is 0.262. The van der Waals surface area contributed by atoms with Crippen LogP contribution in [0.5, 0.6) is 0 Å². The Morgan fingerprint density at radius 1 is 0.707 bits per heavy atom. The van der Waals surface area contributed by atoms with Gasteiger partial charge in [0.1, 0.15) is 5.82 Å². The maximum absolute atomic E-state index is 12.9. The fourth-order valence-corrected chi connectivity index (χ4v) is 4.38. The van der Waals surface area contributed by atoms with Crippen LogP contribution in [0.15, 0.2) is 121 Å². The zero-order valence-electron chi connectivity index (χ0n) is 22.0. The third-order valence-corrected chi connectivity index (χ3v) is 6.17. The van der Waals surface area contributed by atoms with Crippen LogP contribution in [0.2, 0.25) is 0 Å². The molecule has 0 saturated carbocycles. The summed E-state index contributed by atoms with van der Waals surface area (Å²) in [5, 5.41) is 20.1. The Hall–Kier alpha value is -5.47. The molecule has 6 N–H and O–H groups in total. The third kappa shape index (κ3) is 6.95. The van der Waals surface area contributed by atoms with E-state index in [4.69, 9.17) is 10.7 Å². The van der Waals surface area contributed by atoms with Gasteiger partial charge in [0.15, 0.2) is 0 Å². The number of nitrogen functional groups attached to an aromatic ring is 1. The summed E-state index contributed by atoms with van der Waals surface area (Å²) in [5.41, 5.74) is 12.2. The van der Waals surface area contributed by atoms with Crippen LogP contribution in [0.3, 0.4) is 0 Å². The number of aliphatic hydroxyl groups excluding tert-OH is 1. The summed E-state index contributed by atoms with van der Waals surface area (Å²) < 4.78 is 12.9. The number of fused-ring (bicyclic) bond motifs is 2. The average Bonchev–Trinajstić information content (AvgIpc) is 2.97. The lowest BCUT2D eigenvalue weighted by atomic mass is 10.1. The van der Waals surface area contributed by atoms with Crippen LogP contribution >= 0.6 is 0 Å². The molecule has 0 aliphatic carbocycles. The van der Waals surface area contributed by atoms with Crippen LogP contribution in [0, 0.1) is 5.82 Å². The SMILES string of the molecule is Nc1cc(CO)cc(Nc2c3ccccc3nc3ccccc23)c1.O=C(Nc1ccccc1)Nc1cccc(F)c1. The highest BCUT2D eigenvalue weighted by Gasteiger charge is 2.10. The van der Waals surface area contributed by atoms with Crippen molar-refractivity contribution >= 4 is 56.3 Å². The maximum atomic E-state index is 12.9. The van der Waals surface area contributed by atoms with Crippen molar-refractivity contribution in [3.8, 4) is 0 Å². The molecule has 7 nitrogen and oxygen atoms in total. The van der Waals surface area contributed by atoms with Crippen molar-refractivity contribution in [2.75, 3.05) is 21.7 Å². The van der Waals surface area contributed by atoms with Crippen LogP contribution in [0.1, 0.15) is 5.56 Å². The summed E-state index contributed by atoms with van der Waals surface area (Å²) in [6.45, 7) is -0.0441. The van der Waals surface area contributed by atoms with Gasteiger partial charge >= 0.3 is 6.03 Å². The van der Waals surface area contributed by atoms with Gasteiger partial charge in [-0.2, -0.15) is 0 Å². The van der Waals surface area contributed by atoms with Crippen LogP contribution < -0.4 is 21.7 Å². The van der Waals surface area contributed by atoms with Crippen molar-refractivity contribution in [3.05, 3.63) is 133 Å². The first-order chi connectivity index (χ1) is 20.0. The van der Waals surface area contributed by atoms with Crippen LogP contribution in [0.25, 0.3) is 21.8 Å². The Morgan fingerprint density at radius 3 is 1.98 bits per heavy atom. The molecule has 0 aliphatic rings. The van der Waals surface area contributed by atoms with Gasteiger partial charge in [-0.15, -0.1) is 0 Å². The summed E-state index contributed by atoms with van der Waals surface area (Å²) >= 11 is 0. The van der Waals surface area contributed by atoms with Gasteiger partial charge < -0.3 is 26.8 Å². The number of hydrogen-bond donors (Lipinski definition) is 5. The smallest absolute Gasteiger partial charge is 0.323 e. The number of aliphatic hydroxyl groups is 1. The first-order valence-corrected chi connectivity index (χ1v) is 12.9. The van der Waals surface area contributed by atoms with E-state index in [9.17, 15) is 14.3 Å². The van der Waals surface area contributed by atoms with E-state index in [1.54, 1.807) is 24.3 Å². The maximum Gasteiger partial charge on any atom is 0.323 e. The molecule has 0 aliphatic heterocycles. The Balaban J connectivity index is 0.000000175. The number of hydrogen-bond acceptors (Lipinski definition) is 5. The molecule has 1 aromatic heterocycles. The number of nitrogens with two attached hydrogens (primary N) is 1. The normalized spacial score (nSPS) is 10.5. The Morgan fingerprint density at radius 2 is 1.32 bits per heavy atom. The van der Waals surface area contributed by atoms with E-state index in [-0.39, 0.29) is 12.4 Å². The monoisotopic (exact) mass is 545 g/mol. The molecule has 41 heavy (non-hydrogen) atoms. The minimum absolute atomic E-state index is 0.0441. The molecule has 0 spiro atoms. The van der Waals surface area contributed by atoms with E-state index < -0.39 is 6.03 Å². The molecule has 0 bridgehead atoms. The Kier molecular flexibility index (Phi) is 8.32. The van der Waals surface area contributed by atoms with Crippen molar-refractivity contribution in [2.24, 2.45) is 0 Å². The van der Waals surface area contributed by atoms with Gasteiger partial charge in [-0.05, 0) is 66.2 Å². The molecule has 5 aromatic carbocycles. The standard InChI is InChI=1S/C20H17N3O.C13H11FN2O/c21-14-9-13(12-24)10-15(11-14)22-20-16-5-1-3-7-18(16)23-19-8-4-2-6-17(19)20;14-10-5-4-8-12(9-10)16-13(17)15-11-6-2-1-3-7-11/h1-11,24H,12,21H2,(H,22,23);1-9H,(H2,15,16,17). The van der Waals surface area contributed by atoms with Crippen molar-refractivity contribution in [3.63, 3.8) is 0 Å².